The van der Waals surface area contributed by atoms with Gasteiger partial charge in [0.2, 0.25) is 11.1 Å². The highest BCUT2D eigenvalue weighted by Gasteiger charge is 2.31. The maximum absolute atomic E-state index is 12.8. The smallest absolute Gasteiger partial charge is 0.324 e. The lowest BCUT2D eigenvalue weighted by Gasteiger charge is -2.13. The zero-order valence-corrected chi connectivity index (χ0v) is 16.0. The van der Waals surface area contributed by atoms with Crippen molar-refractivity contribution in [2.45, 2.75) is 23.5 Å². The Labute approximate surface area is 167 Å². The van der Waals surface area contributed by atoms with Crippen LogP contribution in [0.3, 0.4) is 0 Å². The number of aromatic nitrogens is 3. The number of rotatable bonds is 5. The second-order valence-corrected chi connectivity index (χ2v) is 7.49. The van der Waals surface area contributed by atoms with Crippen LogP contribution in [0.1, 0.15) is 12.5 Å². The number of carbonyl (C=O) groups excluding carboxylic acids is 1. The number of nitrogens with zero attached hydrogens (tertiary/aromatic N) is 2. The molecule has 0 aliphatic rings. The average Bonchev–Trinajstić information content (AvgIpc) is 3.11. The first-order chi connectivity index (χ1) is 13.2. The van der Waals surface area contributed by atoms with Crippen molar-refractivity contribution in [2.75, 3.05) is 5.32 Å². The first kappa shape index (κ1) is 20.2. The van der Waals surface area contributed by atoms with Crippen LogP contribution in [-0.2, 0) is 11.0 Å². The Morgan fingerprint density at radius 3 is 2.61 bits per heavy atom. The third-order valence-corrected chi connectivity index (χ3v) is 5.01. The van der Waals surface area contributed by atoms with Gasteiger partial charge in [0.05, 0.1) is 21.5 Å². The lowest BCUT2D eigenvalue weighted by Crippen LogP contribution is -2.23. The van der Waals surface area contributed by atoms with Gasteiger partial charge >= 0.3 is 6.18 Å². The number of H-pyrrole nitrogens is 1. The van der Waals surface area contributed by atoms with Crippen LogP contribution in [0.2, 0.25) is 5.02 Å². The molecule has 0 fully saturated rings. The Kier molecular flexibility index (Phi) is 5.95. The highest BCUT2D eigenvalue weighted by Crippen LogP contribution is 2.34. The SMILES string of the molecule is C[C@H](Sc1n[nH]c(-c2ccccc2)n1)C(=O)Nc1cc(C(F)(F)F)ccc1Cl. The molecular weight excluding hydrogens is 413 g/mol. The Hall–Kier alpha value is -2.52. The molecule has 5 nitrogen and oxygen atoms in total. The number of amides is 1. The summed E-state index contributed by atoms with van der Waals surface area (Å²) in [5.74, 6) is 0.0360. The molecule has 10 heteroatoms. The fourth-order valence-corrected chi connectivity index (χ4v) is 3.16. The summed E-state index contributed by atoms with van der Waals surface area (Å²) < 4.78 is 38.5. The van der Waals surface area contributed by atoms with E-state index in [1.165, 1.54) is 0 Å². The van der Waals surface area contributed by atoms with E-state index >= 15 is 0 Å². The van der Waals surface area contributed by atoms with E-state index in [2.05, 4.69) is 20.5 Å². The van der Waals surface area contributed by atoms with Crippen molar-refractivity contribution in [3.05, 3.63) is 59.1 Å². The van der Waals surface area contributed by atoms with E-state index in [1.54, 1.807) is 6.92 Å². The van der Waals surface area contributed by atoms with Gasteiger partial charge in [-0.15, -0.1) is 5.10 Å². The van der Waals surface area contributed by atoms with Gasteiger partial charge in [-0.3, -0.25) is 9.89 Å². The van der Waals surface area contributed by atoms with Crippen LogP contribution in [0.4, 0.5) is 18.9 Å². The molecule has 3 rings (SSSR count). The molecule has 1 amide bonds. The van der Waals surface area contributed by atoms with Crippen LogP contribution in [0.15, 0.2) is 53.7 Å². The van der Waals surface area contributed by atoms with Gasteiger partial charge < -0.3 is 5.32 Å². The van der Waals surface area contributed by atoms with Gasteiger partial charge in [0, 0.05) is 5.56 Å². The molecule has 0 unspecified atom stereocenters. The monoisotopic (exact) mass is 426 g/mol. The third-order valence-electron chi connectivity index (χ3n) is 3.72. The van der Waals surface area contributed by atoms with Crippen molar-refractivity contribution < 1.29 is 18.0 Å². The first-order valence-corrected chi connectivity index (χ1v) is 9.32. The summed E-state index contributed by atoms with van der Waals surface area (Å²) in [5.41, 5.74) is -0.155. The molecule has 0 spiro atoms. The maximum Gasteiger partial charge on any atom is 0.416 e. The molecule has 1 atom stereocenters. The standard InChI is InChI=1S/C18H14ClF3N4OS/c1-10(28-17-24-15(25-26-17)11-5-3-2-4-6-11)16(27)23-14-9-12(18(20,21)22)7-8-13(14)19/h2-10H,1H3,(H,23,27)(H,24,25,26)/t10-/m0/s1. The third kappa shape index (κ3) is 4.85. The maximum atomic E-state index is 12.8. The topological polar surface area (TPSA) is 70.7 Å². The Balaban J connectivity index is 1.68. The van der Waals surface area contributed by atoms with E-state index in [4.69, 9.17) is 11.6 Å². The van der Waals surface area contributed by atoms with Gasteiger partial charge in [0.15, 0.2) is 5.82 Å². The van der Waals surface area contributed by atoms with Crippen molar-refractivity contribution in [1.29, 1.82) is 0 Å². The number of aromatic amines is 1. The Morgan fingerprint density at radius 1 is 1.21 bits per heavy atom. The fraction of sp³-hybridized carbons (Fsp3) is 0.167. The molecule has 1 aromatic heterocycles. The molecule has 2 aromatic carbocycles. The van der Waals surface area contributed by atoms with E-state index < -0.39 is 22.9 Å². The summed E-state index contributed by atoms with van der Waals surface area (Å²) in [4.78, 5) is 16.7. The molecule has 0 aliphatic carbocycles. The number of benzene rings is 2. The summed E-state index contributed by atoms with van der Waals surface area (Å²) in [7, 11) is 0. The number of halogens is 4. The quantitative estimate of drug-likeness (QED) is 0.546. The van der Waals surface area contributed by atoms with E-state index in [1.807, 2.05) is 30.3 Å². The predicted molar refractivity (Wildman–Crippen MR) is 102 cm³/mol. The minimum atomic E-state index is -4.53. The van der Waals surface area contributed by atoms with E-state index in [0.717, 1.165) is 35.5 Å². The van der Waals surface area contributed by atoms with E-state index in [-0.39, 0.29) is 10.7 Å². The zero-order valence-electron chi connectivity index (χ0n) is 14.4. The van der Waals surface area contributed by atoms with Gasteiger partial charge in [-0.25, -0.2) is 4.98 Å². The average molecular weight is 427 g/mol. The summed E-state index contributed by atoms with van der Waals surface area (Å²) in [6, 6.07) is 12.1. The van der Waals surface area contributed by atoms with Crippen LogP contribution in [0, 0.1) is 0 Å². The van der Waals surface area contributed by atoms with Crippen molar-refractivity contribution >= 4 is 35.0 Å². The summed E-state index contributed by atoms with van der Waals surface area (Å²) >= 11 is 6.98. The number of carbonyl (C=O) groups is 1. The molecule has 0 saturated heterocycles. The van der Waals surface area contributed by atoms with Crippen LogP contribution in [-0.4, -0.2) is 26.3 Å². The largest absolute Gasteiger partial charge is 0.416 e. The van der Waals surface area contributed by atoms with Gasteiger partial charge in [-0.1, -0.05) is 53.7 Å². The Bertz CT molecular complexity index is 978. The highest BCUT2D eigenvalue weighted by atomic mass is 35.5. The minimum absolute atomic E-state index is 0.0165. The van der Waals surface area contributed by atoms with Gasteiger partial charge in [-0.2, -0.15) is 13.2 Å². The molecular formula is C18H14ClF3N4OS. The van der Waals surface area contributed by atoms with Crippen molar-refractivity contribution in [1.82, 2.24) is 15.2 Å². The lowest BCUT2D eigenvalue weighted by molar-refractivity contribution is -0.137. The van der Waals surface area contributed by atoms with Crippen LogP contribution >= 0.6 is 23.4 Å². The van der Waals surface area contributed by atoms with Gasteiger partial charge in [-0.05, 0) is 25.1 Å². The Morgan fingerprint density at radius 2 is 1.93 bits per heavy atom. The lowest BCUT2D eigenvalue weighted by atomic mass is 10.2. The predicted octanol–water partition coefficient (Wildman–Crippen LogP) is 5.26. The number of hydrogen-bond acceptors (Lipinski definition) is 4. The summed E-state index contributed by atoms with van der Waals surface area (Å²) in [6.07, 6.45) is -4.53. The van der Waals surface area contributed by atoms with E-state index in [9.17, 15) is 18.0 Å². The molecule has 146 valence electrons. The number of hydrogen-bond donors (Lipinski definition) is 2. The second-order valence-electron chi connectivity index (χ2n) is 5.77. The molecule has 3 aromatic rings. The summed E-state index contributed by atoms with van der Waals surface area (Å²) in [6.45, 7) is 1.60. The molecule has 1 heterocycles. The molecule has 0 saturated carbocycles. The van der Waals surface area contributed by atoms with Crippen molar-refractivity contribution in [2.24, 2.45) is 0 Å². The number of thioether (sulfide) groups is 1. The fourth-order valence-electron chi connectivity index (χ4n) is 2.27. The first-order valence-electron chi connectivity index (χ1n) is 8.06. The van der Waals surface area contributed by atoms with Crippen molar-refractivity contribution in [3.8, 4) is 11.4 Å². The molecule has 28 heavy (non-hydrogen) atoms. The van der Waals surface area contributed by atoms with Gasteiger partial charge in [0.25, 0.3) is 0 Å². The number of anilines is 1. The van der Waals surface area contributed by atoms with Crippen molar-refractivity contribution in [3.63, 3.8) is 0 Å². The minimum Gasteiger partial charge on any atom is -0.324 e. The van der Waals surface area contributed by atoms with Gasteiger partial charge in [0.1, 0.15) is 0 Å². The molecule has 0 radical (unpaired) electrons. The number of nitrogens with one attached hydrogen (secondary N) is 2. The molecule has 2 N–H and O–H groups in total. The van der Waals surface area contributed by atoms with Crippen LogP contribution in [0.25, 0.3) is 11.4 Å². The zero-order chi connectivity index (χ0) is 20.3. The number of alkyl halides is 3. The summed E-state index contributed by atoms with van der Waals surface area (Å²) in [5, 5.41) is 8.97. The second kappa shape index (κ2) is 8.24. The van der Waals surface area contributed by atoms with E-state index in [0.29, 0.717) is 11.0 Å². The normalized spacial score (nSPS) is 12.6. The highest BCUT2D eigenvalue weighted by molar-refractivity contribution is 8.00. The molecule has 0 bridgehead atoms. The molecule has 0 aliphatic heterocycles. The van der Waals surface area contributed by atoms with Crippen LogP contribution < -0.4 is 5.32 Å². The van der Waals surface area contributed by atoms with Crippen LogP contribution in [0.5, 0.6) is 0 Å².